The summed E-state index contributed by atoms with van der Waals surface area (Å²) >= 11 is 6.02. The van der Waals surface area contributed by atoms with E-state index in [1.807, 2.05) is 12.1 Å². The molecule has 0 saturated heterocycles. The van der Waals surface area contributed by atoms with Crippen LogP contribution < -0.4 is 11.1 Å². The van der Waals surface area contributed by atoms with Crippen molar-refractivity contribution in [1.29, 1.82) is 0 Å². The molecule has 21 heavy (non-hydrogen) atoms. The van der Waals surface area contributed by atoms with Gasteiger partial charge in [-0.3, -0.25) is 4.79 Å². The van der Waals surface area contributed by atoms with Gasteiger partial charge >= 0.3 is 0 Å². The molecule has 2 rings (SSSR count). The largest absolute Gasteiger partial charge is 0.399 e. The number of anilines is 1. The Hall–Kier alpha value is -2.00. The van der Waals surface area contributed by atoms with Crippen LogP contribution in [0.25, 0.3) is 0 Å². The van der Waals surface area contributed by atoms with Gasteiger partial charge in [-0.05, 0) is 35.2 Å². The fourth-order valence-electron chi connectivity index (χ4n) is 2.01. The summed E-state index contributed by atoms with van der Waals surface area (Å²) in [6.07, 6.45) is 0. The minimum Gasteiger partial charge on any atom is -0.399 e. The third-order valence-corrected chi connectivity index (χ3v) is 3.65. The minimum absolute atomic E-state index is 0.201. The van der Waals surface area contributed by atoms with Crippen LogP contribution in [-0.4, -0.2) is 5.91 Å². The first-order chi connectivity index (χ1) is 9.97. The van der Waals surface area contributed by atoms with E-state index in [1.165, 1.54) is 5.56 Å². The van der Waals surface area contributed by atoms with Crippen LogP contribution in [0, 0.1) is 0 Å². The van der Waals surface area contributed by atoms with Crippen LogP contribution in [0.1, 0.15) is 41.3 Å². The maximum absolute atomic E-state index is 12.1. The number of nitrogens with one attached hydrogen (secondary N) is 1. The zero-order chi connectivity index (χ0) is 15.4. The predicted molar refractivity (Wildman–Crippen MR) is 87.6 cm³/mol. The Balaban J connectivity index is 2.00. The number of carbonyl (C=O) groups is 1. The van der Waals surface area contributed by atoms with Crippen LogP contribution in [0.15, 0.2) is 42.5 Å². The van der Waals surface area contributed by atoms with Gasteiger partial charge in [0, 0.05) is 12.2 Å². The SMILES string of the molecule is CC(C)c1ccc(CNC(=O)c2ccc(N)cc2Cl)cc1. The molecule has 0 aliphatic heterocycles. The van der Waals surface area contributed by atoms with E-state index >= 15 is 0 Å². The lowest BCUT2D eigenvalue weighted by molar-refractivity contribution is 0.0951. The van der Waals surface area contributed by atoms with Gasteiger partial charge in [0.1, 0.15) is 0 Å². The average Bonchev–Trinajstić information content (AvgIpc) is 2.45. The summed E-state index contributed by atoms with van der Waals surface area (Å²) in [6, 6.07) is 13.1. The van der Waals surface area contributed by atoms with Gasteiger partial charge in [-0.2, -0.15) is 0 Å². The van der Waals surface area contributed by atoms with Crippen molar-refractivity contribution in [3.8, 4) is 0 Å². The van der Waals surface area contributed by atoms with Crippen molar-refractivity contribution in [3.05, 3.63) is 64.2 Å². The third-order valence-electron chi connectivity index (χ3n) is 3.34. The van der Waals surface area contributed by atoms with Crippen molar-refractivity contribution in [2.45, 2.75) is 26.3 Å². The van der Waals surface area contributed by atoms with Crippen LogP contribution in [0.3, 0.4) is 0 Å². The molecule has 0 unspecified atom stereocenters. The number of benzene rings is 2. The van der Waals surface area contributed by atoms with E-state index in [1.54, 1.807) is 18.2 Å². The second-order valence-electron chi connectivity index (χ2n) is 5.32. The molecule has 0 spiro atoms. The predicted octanol–water partition coefficient (Wildman–Crippen LogP) is 3.98. The number of nitrogen functional groups attached to an aromatic ring is 1. The quantitative estimate of drug-likeness (QED) is 0.839. The molecule has 3 nitrogen and oxygen atoms in total. The van der Waals surface area contributed by atoms with Gasteiger partial charge in [0.15, 0.2) is 0 Å². The van der Waals surface area contributed by atoms with Gasteiger partial charge in [-0.15, -0.1) is 0 Å². The van der Waals surface area contributed by atoms with E-state index in [0.29, 0.717) is 28.7 Å². The van der Waals surface area contributed by atoms with Crippen LogP contribution in [-0.2, 0) is 6.54 Å². The van der Waals surface area contributed by atoms with E-state index in [-0.39, 0.29) is 5.91 Å². The Labute approximate surface area is 130 Å². The number of amides is 1. The number of rotatable bonds is 4. The summed E-state index contributed by atoms with van der Waals surface area (Å²) in [5, 5.41) is 3.22. The summed E-state index contributed by atoms with van der Waals surface area (Å²) in [7, 11) is 0. The van der Waals surface area contributed by atoms with Crippen molar-refractivity contribution in [2.75, 3.05) is 5.73 Å². The average molecular weight is 303 g/mol. The Morgan fingerprint density at radius 3 is 2.43 bits per heavy atom. The number of halogens is 1. The second kappa shape index (κ2) is 6.64. The van der Waals surface area contributed by atoms with Gasteiger partial charge in [-0.25, -0.2) is 0 Å². The summed E-state index contributed by atoms with van der Waals surface area (Å²) in [5.41, 5.74) is 8.93. The molecule has 110 valence electrons. The molecule has 0 aromatic heterocycles. The van der Waals surface area contributed by atoms with Gasteiger partial charge in [0.25, 0.3) is 5.91 Å². The van der Waals surface area contributed by atoms with Crippen LogP contribution in [0.4, 0.5) is 5.69 Å². The summed E-state index contributed by atoms with van der Waals surface area (Å²) in [4.78, 5) is 12.1. The maximum Gasteiger partial charge on any atom is 0.253 e. The fourth-order valence-corrected chi connectivity index (χ4v) is 2.29. The number of nitrogens with two attached hydrogens (primary N) is 1. The Morgan fingerprint density at radius 1 is 1.19 bits per heavy atom. The normalized spacial score (nSPS) is 10.7. The molecule has 0 aliphatic rings. The van der Waals surface area contributed by atoms with Crippen molar-refractivity contribution in [2.24, 2.45) is 0 Å². The van der Waals surface area contributed by atoms with Crippen molar-refractivity contribution in [3.63, 3.8) is 0 Å². The first-order valence-corrected chi connectivity index (χ1v) is 7.27. The lowest BCUT2D eigenvalue weighted by Crippen LogP contribution is -2.23. The number of hydrogen-bond donors (Lipinski definition) is 2. The molecule has 0 heterocycles. The molecule has 0 radical (unpaired) electrons. The highest BCUT2D eigenvalue weighted by atomic mass is 35.5. The number of carbonyl (C=O) groups excluding carboxylic acids is 1. The Bertz CT molecular complexity index is 636. The van der Waals surface area contributed by atoms with Crippen molar-refractivity contribution in [1.82, 2.24) is 5.32 Å². The van der Waals surface area contributed by atoms with Crippen LogP contribution >= 0.6 is 11.6 Å². The van der Waals surface area contributed by atoms with Gasteiger partial charge in [-0.1, -0.05) is 49.7 Å². The number of hydrogen-bond acceptors (Lipinski definition) is 2. The molecular formula is C17H19ClN2O. The Kier molecular flexibility index (Phi) is 4.86. The zero-order valence-electron chi connectivity index (χ0n) is 12.2. The molecule has 0 saturated carbocycles. The molecule has 1 amide bonds. The highest BCUT2D eigenvalue weighted by Crippen LogP contribution is 2.19. The first kappa shape index (κ1) is 15.4. The standard InChI is InChI=1S/C17H19ClN2O/c1-11(2)13-5-3-12(4-6-13)10-20-17(21)15-8-7-14(19)9-16(15)18/h3-9,11H,10,19H2,1-2H3,(H,20,21). The maximum atomic E-state index is 12.1. The van der Waals surface area contributed by atoms with Crippen LogP contribution in [0.5, 0.6) is 0 Å². The van der Waals surface area contributed by atoms with Crippen molar-refractivity contribution >= 4 is 23.2 Å². The molecule has 3 N–H and O–H groups in total. The highest BCUT2D eigenvalue weighted by molar-refractivity contribution is 6.34. The van der Waals surface area contributed by atoms with Gasteiger partial charge in [0.05, 0.1) is 10.6 Å². The van der Waals surface area contributed by atoms with Gasteiger partial charge < -0.3 is 11.1 Å². The highest BCUT2D eigenvalue weighted by Gasteiger charge is 2.10. The van der Waals surface area contributed by atoms with E-state index in [2.05, 4.69) is 31.3 Å². The summed E-state index contributed by atoms with van der Waals surface area (Å²) < 4.78 is 0. The minimum atomic E-state index is -0.201. The molecule has 0 fully saturated rings. The fraction of sp³-hybridized carbons (Fsp3) is 0.235. The first-order valence-electron chi connectivity index (χ1n) is 6.89. The molecule has 4 heteroatoms. The molecule has 0 atom stereocenters. The van der Waals surface area contributed by atoms with E-state index < -0.39 is 0 Å². The van der Waals surface area contributed by atoms with E-state index in [0.717, 1.165) is 5.56 Å². The summed E-state index contributed by atoms with van der Waals surface area (Å²) in [6.45, 7) is 4.78. The van der Waals surface area contributed by atoms with Gasteiger partial charge in [0.2, 0.25) is 0 Å². The molecule has 2 aromatic carbocycles. The van der Waals surface area contributed by atoms with E-state index in [9.17, 15) is 4.79 Å². The molecule has 2 aromatic rings. The lowest BCUT2D eigenvalue weighted by Gasteiger charge is -2.09. The topological polar surface area (TPSA) is 55.1 Å². The lowest BCUT2D eigenvalue weighted by atomic mass is 10.0. The van der Waals surface area contributed by atoms with E-state index in [4.69, 9.17) is 17.3 Å². The third kappa shape index (κ3) is 3.99. The smallest absolute Gasteiger partial charge is 0.253 e. The van der Waals surface area contributed by atoms with Crippen molar-refractivity contribution < 1.29 is 4.79 Å². The Morgan fingerprint density at radius 2 is 1.86 bits per heavy atom. The zero-order valence-corrected chi connectivity index (χ0v) is 12.9. The second-order valence-corrected chi connectivity index (χ2v) is 5.73. The monoisotopic (exact) mass is 302 g/mol. The van der Waals surface area contributed by atoms with Crippen LogP contribution in [0.2, 0.25) is 5.02 Å². The molecule has 0 bridgehead atoms. The molecular weight excluding hydrogens is 284 g/mol. The molecule has 0 aliphatic carbocycles. The summed E-state index contributed by atoms with van der Waals surface area (Å²) in [5.74, 6) is 0.301.